The number of nitrogens with two attached hydrogens (primary N) is 2. The number of carbonyl (C=O) groups is 1. The van der Waals surface area contributed by atoms with Gasteiger partial charge in [0.25, 0.3) is 0 Å². The maximum absolute atomic E-state index is 12.4. The molecule has 3 rings (SSSR count). The van der Waals surface area contributed by atoms with E-state index in [0.717, 1.165) is 5.92 Å². The molecule has 0 bridgehead atoms. The van der Waals surface area contributed by atoms with Crippen LogP contribution in [0, 0.1) is 5.92 Å². The molecule has 2 aromatic carbocycles. The molecule has 0 radical (unpaired) electrons. The standard InChI is InChI=1S/C24H32N2O3/c1-3-16-5-7-17(8-6-16)18-9-11-22(12-10-18)28-23(4-2)29-24(27)19-13-20(25)15-21(26)14-19/h9-17,23H,3-8,25-26H2,1-2H3/t16-,17-,23?. The van der Waals surface area contributed by atoms with Gasteiger partial charge in [0.15, 0.2) is 0 Å². The second kappa shape index (κ2) is 9.68. The van der Waals surface area contributed by atoms with Gasteiger partial charge < -0.3 is 20.9 Å². The molecule has 1 aliphatic carbocycles. The average molecular weight is 397 g/mol. The summed E-state index contributed by atoms with van der Waals surface area (Å²) in [5.41, 5.74) is 14.1. The minimum atomic E-state index is -0.670. The number of ether oxygens (including phenoxy) is 2. The van der Waals surface area contributed by atoms with Crippen molar-refractivity contribution in [2.24, 2.45) is 5.92 Å². The number of carbonyl (C=O) groups excluding carboxylic acids is 1. The highest BCUT2D eigenvalue weighted by Gasteiger charge is 2.21. The van der Waals surface area contributed by atoms with Crippen LogP contribution in [-0.2, 0) is 4.74 Å². The van der Waals surface area contributed by atoms with Crippen LogP contribution in [0.2, 0.25) is 0 Å². The van der Waals surface area contributed by atoms with Gasteiger partial charge >= 0.3 is 5.97 Å². The first kappa shape index (κ1) is 21.0. The third-order valence-electron chi connectivity index (χ3n) is 5.83. The van der Waals surface area contributed by atoms with Gasteiger partial charge in [-0.05, 0) is 73.4 Å². The maximum atomic E-state index is 12.4. The number of rotatable bonds is 7. The molecule has 0 aromatic heterocycles. The molecule has 0 saturated heterocycles. The fourth-order valence-corrected chi connectivity index (χ4v) is 4.05. The summed E-state index contributed by atoms with van der Waals surface area (Å²) in [6.45, 7) is 4.20. The Morgan fingerprint density at radius 2 is 1.62 bits per heavy atom. The summed E-state index contributed by atoms with van der Waals surface area (Å²) in [4.78, 5) is 12.4. The van der Waals surface area contributed by atoms with E-state index in [1.54, 1.807) is 18.2 Å². The van der Waals surface area contributed by atoms with Crippen LogP contribution in [0.15, 0.2) is 42.5 Å². The first-order valence-electron chi connectivity index (χ1n) is 10.6. The van der Waals surface area contributed by atoms with E-state index in [1.165, 1.54) is 37.7 Å². The number of anilines is 2. The van der Waals surface area contributed by atoms with Crippen LogP contribution < -0.4 is 16.2 Å². The van der Waals surface area contributed by atoms with Gasteiger partial charge in [0, 0.05) is 17.8 Å². The predicted octanol–water partition coefficient (Wildman–Crippen LogP) is 5.51. The molecule has 1 fully saturated rings. The highest BCUT2D eigenvalue weighted by atomic mass is 16.7. The van der Waals surface area contributed by atoms with Crippen molar-refractivity contribution in [3.05, 3.63) is 53.6 Å². The smallest absolute Gasteiger partial charge is 0.341 e. The molecule has 5 nitrogen and oxygen atoms in total. The first-order valence-corrected chi connectivity index (χ1v) is 10.6. The van der Waals surface area contributed by atoms with Crippen LogP contribution in [0.1, 0.15) is 74.2 Å². The quantitative estimate of drug-likeness (QED) is 0.366. The number of hydrogen-bond acceptors (Lipinski definition) is 5. The summed E-state index contributed by atoms with van der Waals surface area (Å²) in [6, 6.07) is 12.9. The van der Waals surface area contributed by atoms with Gasteiger partial charge in [-0.2, -0.15) is 0 Å². The molecule has 156 valence electrons. The highest BCUT2D eigenvalue weighted by Crippen LogP contribution is 2.37. The van der Waals surface area contributed by atoms with Crippen molar-refractivity contribution in [1.82, 2.24) is 0 Å². The number of hydrogen-bond donors (Lipinski definition) is 2. The zero-order valence-corrected chi connectivity index (χ0v) is 17.4. The Kier molecular flexibility index (Phi) is 7.02. The van der Waals surface area contributed by atoms with Crippen molar-refractivity contribution in [2.75, 3.05) is 11.5 Å². The Labute approximate surface area is 173 Å². The van der Waals surface area contributed by atoms with E-state index in [4.69, 9.17) is 20.9 Å². The maximum Gasteiger partial charge on any atom is 0.341 e. The predicted molar refractivity (Wildman–Crippen MR) is 117 cm³/mol. The summed E-state index contributed by atoms with van der Waals surface area (Å²) >= 11 is 0. The molecule has 1 saturated carbocycles. The molecular weight excluding hydrogens is 364 g/mol. The fraction of sp³-hybridized carbons (Fsp3) is 0.458. The van der Waals surface area contributed by atoms with Gasteiger partial charge in [-0.1, -0.05) is 32.4 Å². The topological polar surface area (TPSA) is 87.6 Å². The van der Waals surface area contributed by atoms with Gasteiger partial charge in [-0.15, -0.1) is 0 Å². The zero-order chi connectivity index (χ0) is 20.8. The van der Waals surface area contributed by atoms with E-state index >= 15 is 0 Å². The van der Waals surface area contributed by atoms with Crippen LogP contribution in [0.5, 0.6) is 5.75 Å². The van der Waals surface area contributed by atoms with Gasteiger partial charge in [0.1, 0.15) is 5.75 Å². The largest absolute Gasteiger partial charge is 0.455 e. The Balaban J connectivity index is 1.58. The number of esters is 1. The minimum Gasteiger partial charge on any atom is -0.455 e. The lowest BCUT2D eigenvalue weighted by molar-refractivity contribution is -0.0497. The van der Waals surface area contributed by atoms with Gasteiger partial charge in [-0.25, -0.2) is 4.79 Å². The van der Waals surface area contributed by atoms with Crippen molar-refractivity contribution >= 4 is 17.3 Å². The molecular formula is C24H32N2O3. The van der Waals surface area contributed by atoms with Gasteiger partial charge in [-0.3, -0.25) is 0 Å². The SMILES string of the molecule is CCC(OC(=O)c1cc(N)cc(N)c1)Oc1ccc([C@H]2CC[C@H](CC)CC2)cc1. The third-order valence-corrected chi connectivity index (χ3v) is 5.83. The van der Waals surface area contributed by atoms with Crippen molar-refractivity contribution in [1.29, 1.82) is 0 Å². The Bertz CT molecular complexity index is 791. The molecule has 4 N–H and O–H groups in total. The van der Waals surface area contributed by atoms with Crippen LogP contribution >= 0.6 is 0 Å². The molecule has 1 atom stereocenters. The molecule has 0 amide bonds. The molecule has 0 aliphatic heterocycles. The lowest BCUT2D eigenvalue weighted by Crippen LogP contribution is -2.23. The number of benzene rings is 2. The van der Waals surface area contributed by atoms with Crippen molar-refractivity contribution in [2.45, 2.75) is 64.6 Å². The van der Waals surface area contributed by atoms with Crippen molar-refractivity contribution in [3.63, 3.8) is 0 Å². The average Bonchev–Trinajstić information content (AvgIpc) is 2.73. The van der Waals surface area contributed by atoms with E-state index in [9.17, 15) is 4.79 Å². The van der Waals surface area contributed by atoms with Crippen LogP contribution in [-0.4, -0.2) is 12.3 Å². The van der Waals surface area contributed by atoms with Crippen LogP contribution in [0.4, 0.5) is 11.4 Å². The highest BCUT2D eigenvalue weighted by molar-refractivity contribution is 5.91. The minimum absolute atomic E-state index is 0.322. The molecule has 0 spiro atoms. The summed E-state index contributed by atoms with van der Waals surface area (Å²) in [6.07, 6.45) is 6.32. The monoisotopic (exact) mass is 396 g/mol. The fourth-order valence-electron chi connectivity index (χ4n) is 4.05. The third kappa shape index (κ3) is 5.66. The van der Waals surface area contributed by atoms with Gasteiger partial charge in [0.05, 0.1) is 5.56 Å². The molecule has 1 unspecified atom stereocenters. The van der Waals surface area contributed by atoms with Crippen LogP contribution in [0.25, 0.3) is 0 Å². The Morgan fingerprint density at radius 1 is 1.00 bits per heavy atom. The summed E-state index contributed by atoms with van der Waals surface area (Å²) in [5.74, 6) is 1.73. The zero-order valence-electron chi connectivity index (χ0n) is 17.4. The van der Waals surface area contributed by atoms with E-state index < -0.39 is 12.3 Å². The second-order valence-electron chi connectivity index (χ2n) is 7.94. The van der Waals surface area contributed by atoms with E-state index in [2.05, 4.69) is 19.1 Å². The Morgan fingerprint density at radius 3 is 2.17 bits per heavy atom. The summed E-state index contributed by atoms with van der Waals surface area (Å²) in [5, 5.41) is 0. The van der Waals surface area contributed by atoms with E-state index in [1.807, 2.05) is 19.1 Å². The lowest BCUT2D eigenvalue weighted by Gasteiger charge is -2.28. The second-order valence-corrected chi connectivity index (χ2v) is 7.94. The van der Waals surface area contributed by atoms with Crippen molar-refractivity contribution < 1.29 is 14.3 Å². The molecule has 1 aliphatic rings. The lowest BCUT2D eigenvalue weighted by atomic mass is 9.78. The van der Waals surface area contributed by atoms with E-state index in [-0.39, 0.29) is 0 Å². The summed E-state index contributed by atoms with van der Waals surface area (Å²) in [7, 11) is 0. The molecule has 29 heavy (non-hydrogen) atoms. The Hall–Kier alpha value is -2.69. The van der Waals surface area contributed by atoms with Gasteiger partial charge in [0.2, 0.25) is 6.29 Å². The molecule has 2 aromatic rings. The molecule has 0 heterocycles. The number of nitrogen functional groups attached to an aromatic ring is 2. The van der Waals surface area contributed by atoms with Crippen LogP contribution in [0.3, 0.4) is 0 Å². The first-order chi connectivity index (χ1) is 14.0. The normalized spacial score (nSPS) is 20.1. The summed E-state index contributed by atoms with van der Waals surface area (Å²) < 4.78 is 11.4. The molecule has 5 heteroatoms. The van der Waals surface area contributed by atoms with Crippen molar-refractivity contribution in [3.8, 4) is 5.75 Å². The van der Waals surface area contributed by atoms with E-state index in [0.29, 0.717) is 35.0 Å².